The lowest BCUT2D eigenvalue weighted by molar-refractivity contribution is -0.133. The molecule has 1 nitrogen and oxygen atoms in total. The number of rotatable bonds is 4. The van der Waals surface area contributed by atoms with Gasteiger partial charge >= 0.3 is 0 Å². The topological polar surface area (TPSA) is 20.2 Å². The van der Waals surface area contributed by atoms with Gasteiger partial charge in [-0.3, -0.25) is 0 Å². The Hall–Kier alpha value is -0.300. The Kier molecular flexibility index (Phi) is 4.92. The van der Waals surface area contributed by atoms with E-state index < -0.39 is 0 Å². The van der Waals surface area contributed by atoms with Crippen LogP contribution in [-0.2, 0) is 0 Å². The van der Waals surface area contributed by atoms with Gasteiger partial charge in [0.25, 0.3) is 0 Å². The van der Waals surface area contributed by atoms with E-state index in [1.165, 1.54) is 69.8 Å². The summed E-state index contributed by atoms with van der Waals surface area (Å²) in [6.07, 6.45) is 17.8. The molecule has 5 aliphatic carbocycles. The molecule has 9 atom stereocenters. The van der Waals surface area contributed by atoms with Gasteiger partial charge in [-0.25, -0.2) is 0 Å². The minimum absolute atomic E-state index is 0.0753. The van der Waals surface area contributed by atoms with Gasteiger partial charge in [0.2, 0.25) is 0 Å². The lowest BCUT2D eigenvalue weighted by Gasteiger charge is -2.59. The maximum Gasteiger partial charge on any atom is 0.0594 e. The molecule has 0 aromatic rings. The molecule has 0 bridgehead atoms. The van der Waals surface area contributed by atoms with E-state index in [1.807, 2.05) is 0 Å². The highest BCUT2D eigenvalue weighted by Crippen LogP contribution is 2.87. The summed E-state index contributed by atoms with van der Waals surface area (Å²) in [6.45, 7) is 14.6. The standard InChI is InChI=1S/C29H48O/c1-19(2)8-7-9-20(3)21-10-11-22-23-12-13-24-26(4,5)25(30)14-15-29(24)18-28(23,29)17-16-27(21,22)6/h8,20-25,30H,7,9-18H2,1-6H3/t20?,21-,22?,23?,24+,25+,27-,28+,29?/m1/s1. The maximum absolute atomic E-state index is 10.8. The molecule has 5 rings (SSSR count). The van der Waals surface area contributed by atoms with Crippen LogP contribution in [0.25, 0.3) is 0 Å². The zero-order chi connectivity index (χ0) is 21.5. The third kappa shape index (κ3) is 2.69. The van der Waals surface area contributed by atoms with Crippen molar-refractivity contribution in [1.82, 2.24) is 0 Å². The van der Waals surface area contributed by atoms with Crippen molar-refractivity contribution in [3.8, 4) is 0 Å². The molecule has 5 fully saturated rings. The van der Waals surface area contributed by atoms with Crippen LogP contribution in [-0.4, -0.2) is 11.2 Å². The van der Waals surface area contributed by atoms with Crippen LogP contribution < -0.4 is 0 Å². The van der Waals surface area contributed by atoms with Gasteiger partial charge in [0.15, 0.2) is 0 Å². The molecule has 5 saturated carbocycles. The molecular weight excluding hydrogens is 364 g/mol. The lowest BCUT2D eigenvalue weighted by atomic mass is 9.46. The average molecular weight is 413 g/mol. The van der Waals surface area contributed by atoms with Gasteiger partial charge in [-0.15, -0.1) is 0 Å². The molecule has 1 N–H and O–H groups in total. The zero-order valence-corrected chi connectivity index (χ0v) is 20.8. The van der Waals surface area contributed by atoms with Crippen molar-refractivity contribution in [3.63, 3.8) is 0 Å². The summed E-state index contributed by atoms with van der Waals surface area (Å²) in [7, 11) is 0. The minimum atomic E-state index is -0.0753. The quantitative estimate of drug-likeness (QED) is 0.467. The Labute approximate surface area is 186 Å². The van der Waals surface area contributed by atoms with Crippen LogP contribution in [0.2, 0.25) is 0 Å². The third-order valence-electron chi connectivity index (χ3n) is 12.2. The van der Waals surface area contributed by atoms with Crippen LogP contribution >= 0.6 is 0 Å². The maximum atomic E-state index is 10.8. The second-order valence-electron chi connectivity index (χ2n) is 13.7. The highest BCUT2D eigenvalue weighted by molar-refractivity contribution is 5.28. The van der Waals surface area contributed by atoms with Crippen LogP contribution in [0, 0.1) is 51.2 Å². The number of aliphatic hydroxyl groups excluding tert-OH is 1. The summed E-state index contributed by atoms with van der Waals surface area (Å²) >= 11 is 0. The Bertz CT molecular complexity index is 716. The van der Waals surface area contributed by atoms with Gasteiger partial charge in [0.05, 0.1) is 6.10 Å². The van der Waals surface area contributed by atoms with Crippen molar-refractivity contribution >= 4 is 0 Å². The molecule has 5 aliphatic rings. The first-order chi connectivity index (χ1) is 14.1. The van der Waals surface area contributed by atoms with Crippen LogP contribution in [0.5, 0.6) is 0 Å². The summed E-state index contributed by atoms with van der Waals surface area (Å²) in [5, 5.41) is 10.8. The molecule has 0 radical (unpaired) electrons. The van der Waals surface area contributed by atoms with E-state index >= 15 is 0 Å². The number of hydrogen-bond acceptors (Lipinski definition) is 1. The molecule has 1 heteroatoms. The normalized spacial score (nSPS) is 51.8. The summed E-state index contributed by atoms with van der Waals surface area (Å²) < 4.78 is 0. The SMILES string of the molecule is CC(C)=CCCC(C)[C@H]1CCC2C3CC[C@H]4C(C)(C)[C@@H](O)CCC45C[C@@]35CC[C@@]21C. The van der Waals surface area contributed by atoms with Crippen molar-refractivity contribution in [3.05, 3.63) is 11.6 Å². The third-order valence-corrected chi connectivity index (χ3v) is 12.2. The van der Waals surface area contributed by atoms with Gasteiger partial charge in [-0.1, -0.05) is 39.3 Å². The van der Waals surface area contributed by atoms with Crippen LogP contribution in [0.3, 0.4) is 0 Å². The van der Waals surface area contributed by atoms with E-state index in [-0.39, 0.29) is 11.5 Å². The largest absolute Gasteiger partial charge is 0.393 e. The molecule has 4 unspecified atom stereocenters. The molecule has 30 heavy (non-hydrogen) atoms. The molecule has 170 valence electrons. The predicted octanol–water partition coefficient (Wildman–Crippen LogP) is 7.78. The van der Waals surface area contributed by atoms with E-state index in [2.05, 4.69) is 47.6 Å². The Morgan fingerprint density at radius 1 is 0.933 bits per heavy atom. The Morgan fingerprint density at radius 3 is 2.40 bits per heavy atom. The minimum Gasteiger partial charge on any atom is -0.393 e. The summed E-state index contributed by atoms with van der Waals surface area (Å²) in [4.78, 5) is 0. The lowest BCUT2D eigenvalue weighted by Crippen LogP contribution is -2.54. The van der Waals surface area contributed by atoms with E-state index in [0.717, 1.165) is 36.0 Å². The predicted molar refractivity (Wildman–Crippen MR) is 126 cm³/mol. The van der Waals surface area contributed by atoms with Crippen LogP contribution in [0.4, 0.5) is 0 Å². The van der Waals surface area contributed by atoms with E-state index in [4.69, 9.17) is 0 Å². The average Bonchev–Trinajstić information content (AvgIpc) is 3.21. The van der Waals surface area contributed by atoms with Crippen LogP contribution in [0.1, 0.15) is 112 Å². The highest BCUT2D eigenvalue weighted by Gasteiger charge is 2.80. The fraction of sp³-hybridized carbons (Fsp3) is 0.931. The molecule has 0 aliphatic heterocycles. The molecule has 0 amide bonds. The van der Waals surface area contributed by atoms with E-state index in [9.17, 15) is 5.11 Å². The molecule has 0 aromatic carbocycles. The van der Waals surface area contributed by atoms with Crippen molar-refractivity contribution in [2.75, 3.05) is 0 Å². The summed E-state index contributed by atoms with van der Waals surface area (Å²) in [5.74, 6) is 4.57. The Balaban J connectivity index is 1.36. The molecule has 0 aromatic heterocycles. The Morgan fingerprint density at radius 2 is 1.67 bits per heavy atom. The van der Waals surface area contributed by atoms with Crippen molar-refractivity contribution in [2.24, 2.45) is 51.2 Å². The summed E-state index contributed by atoms with van der Waals surface area (Å²) in [6, 6.07) is 0. The van der Waals surface area contributed by atoms with Gasteiger partial charge in [0.1, 0.15) is 0 Å². The van der Waals surface area contributed by atoms with E-state index in [0.29, 0.717) is 16.2 Å². The second-order valence-corrected chi connectivity index (χ2v) is 13.7. The summed E-state index contributed by atoms with van der Waals surface area (Å²) in [5.41, 5.74) is 3.48. The van der Waals surface area contributed by atoms with Gasteiger partial charge in [-0.05, 0) is 136 Å². The molecule has 0 heterocycles. The molecular formula is C29H48O. The van der Waals surface area contributed by atoms with Crippen molar-refractivity contribution in [2.45, 2.75) is 118 Å². The monoisotopic (exact) mass is 412 g/mol. The van der Waals surface area contributed by atoms with Gasteiger partial charge in [0, 0.05) is 0 Å². The first kappa shape index (κ1) is 21.5. The first-order valence-corrected chi connectivity index (χ1v) is 13.4. The van der Waals surface area contributed by atoms with Crippen molar-refractivity contribution in [1.29, 1.82) is 0 Å². The molecule has 0 saturated heterocycles. The second kappa shape index (κ2) is 6.85. The number of allylic oxidation sites excluding steroid dienone is 2. The van der Waals surface area contributed by atoms with Crippen molar-refractivity contribution < 1.29 is 5.11 Å². The number of fused-ring (bicyclic) bond motifs is 2. The fourth-order valence-corrected chi connectivity index (χ4v) is 10.7. The number of hydrogen-bond donors (Lipinski definition) is 1. The van der Waals surface area contributed by atoms with Gasteiger partial charge < -0.3 is 5.11 Å². The van der Waals surface area contributed by atoms with Crippen LogP contribution in [0.15, 0.2) is 11.6 Å². The smallest absolute Gasteiger partial charge is 0.0594 e. The first-order valence-electron chi connectivity index (χ1n) is 13.4. The van der Waals surface area contributed by atoms with E-state index in [1.54, 1.807) is 0 Å². The molecule has 2 spiro atoms. The highest BCUT2D eigenvalue weighted by atomic mass is 16.3. The number of aliphatic hydroxyl groups is 1. The fourth-order valence-electron chi connectivity index (χ4n) is 10.7. The zero-order valence-electron chi connectivity index (χ0n) is 20.8. The van der Waals surface area contributed by atoms with Gasteiger partial charge in [-0.2, -0.15) is 0 Å².